The lowest BCUT2D eigenvalue weighted by molar-refractivity contribution is 0.0107. The van der Waals surface area contributed by atoms with E-state index in [-0.39, 0.29) is 12.6 Å². The van der Waals surface area contributed by atoms with Gasteiger partial charge in [0.25, 0.3) is 0 Å². The van der Waals surface area contributed by atoms with E-state index in [9.17, 15) is 9.59 Å². The lowest BCUT2D eigenvalue weighted by atomic mass is 9.91. The van der Waals surface area contributed by atoms with E-state index < -0.39 is 17.8 Å². The van der Waals surface area contributed by atoms with Gasteiger partial charge in [-0.15, -0.1) is 0 Å². The van der Waals surface area contributed by atoms with Gasteiger partial charge < -0.3 is 14.0 Å². The van der Waals surface area contributed by atoms with Gasteiger partial charge in [0, 0.05) is 18.4 Å². The van der Waals surface area contributed by atoms with Crippen LogP contribution in [0.4, 0.5) is 9.59 Å². The fourth-order valence-corrected chi connectivity index (χ4v) is 3.68. The van der Waals surface area contributed by atoms with Crippen molar-refractivity contribution in [2.45, 2.75) is 70.7 Å². The number of carbonyl (C=O) groups excluding carboxylic acids is 2. The first-order valence-electron chi connectivity index (χ1n) is 10.4. The number of hydrazine groups is 1. The largest absolute Gasteiger partial charge is 0.443 e. The van der Waals surface area contributed by atoms with Crippen LogP contribution in [0.15, 0.2) is 54.9 Å². The van der Waals surface area contributed by atoms with Gasteiger partial charge in [-0.25, -0.2) is 20.0 Å². The van der Waals surface area contributed by atoms with E-state index in [0.717, 1.165) is 31.2 Å². The quantitative estimate of drug-likeness (QED) is 0.712. The van der Waals surface area contributed by atoms with Gasteiger partial charge in [-0.3, -0.25) is 0 Å². The van der Waals surface area contributed by atoms with E-state index in [4.69, 9.17) is 9.47 Å². The predicted molar refractivity (Wildman–Crippen MR) is 114 cm³/mol. The minimum atomic E-state index is -0.660. The van der Waals surface area contributed by atoms with Gasteiger partial charge in [-0.1, -0.05) is 30.3 Å². The lowest BCUT2D eigenvalue weighted by Crippen LogP contribution is -2.54. The Kier molecular flexibility index (Phi) is 7.03. The summed E-state index contributed by atoms with van der Waals surface area (Å²) in [5.74, 6) is 0. The number of rotatable bonds is 4. The molecule has 1 aromatic heterocycles. The van der Waals surface area contributed by atoms with Crippen LogP contribution >= 0.6 is 0 Å². The number of ether oxygens (including phenoxy) is 2. The second kappa shape index (κ2) is 9.69. The third-order valence-electron chi connectivity index (χ3n) is 5.09. The van der Waals surface area contributed by atoms with E-state index in [1.165, 1.54) is 5.01 Å². The summed E-state index contributed by atoms with van der Waals surface area (Å²) in [4.78, 5) is 25.2. The third-order valence-corrected chi connectivity index (χ3v) is 5.09. The highest BCUT2D eigenvalue weighted by Crippen LogP contribution is 2.31. The number of carbonyl (C=O) groups is 2. The van der Waals surface area contributed by atoms with Crippen molar-refractivity contribution in [2.24, 2.45) is 0 Å². The Morgan fingerprint density at radius 1 is 1.03 bits per heavy atom. The molecule has 7 nitrogen and oxygen atoms in total. The second-order valence-electron chi connectivity index (χ2n) is 8.62. The summed E-state index contributed by atoms with van der Waals surface area (Å²) >= 11 is 0. The number of aromatic nitrogens is 1. The van der Waals surface area contributed by atoms with Gasteiger partial charge in [0.1, 0.15) is 12.2 Å². The van der Waals surface area contributed by atoms with Crippen LogP contribution < -0.4 is 5.43 Å². The molecule has 30 heavy (non-hydrogen) atoms. The maximum absolute atomic E-state index is 12.9. The summed E-state index contributed by atoms with van der Waals surface area (Å²) in [6.45, 7) is 5.50. The summed E-state index contributed by atoms with van der Waals surface area (Å²) in [5.41, 5.74) is 2.85. The van der Waals surface area contributed by atoms with Gasteiger partial charge >= 0.3 is 12.2 Å². The monoisotopic (exact) mass is 413 g/mol. The molecule has 1 N–H and O–H groups in total. The third kappa shape index (κ3) is 6.27. The van der Waals surface area contributed by atoms with Crippen molar-refractivity contribution < 1.29 is 19.1 Å². The predicted octanol–water partition coefficient (Wildman–Crippen LogP) is 5.05. The van der Waals surface area contributed by atoms with Crippen molar-refractivity contribution in [1.82, 2.24) is 15.0 Å². The molecule has 0 atom stereocenters. The second-order valence-corrected chi connectivity index (χ2v) is 8.62. The van der Waals surface area contributed by atoms with Crippen molar-refractivity contribution in [3.05, 3.63) is 60.4 Å². The first kappa shape index (κ1) is 21.7. The van der Waals surface area contributed by atoms with Crippen LogP contribution in [0.25, 0.3) is 0 Å². The molecule has 1 aliphatic carbocycles. The average molecular weight is 414 g/mol. The fraction of sp³-hybridized carbons (Fsp3) is 0.478. The van der Waals surface area contributed by atoms with Crippen molar-refractivity contribution in [3.63, 3.8) is 0 Å². The molecular formula is C23H31N3O4. The van der Waals surface area contributed by atoms with Gasteiger partial charge in [0.05, 0.1) is 6.04 Å². The SMILES string of the molecule is CC(C)(C)OC(=O)NN(C(=O)OCc1ccccc1)C1CCC(n2cccc2)CC1. The zero-order valence-electron chi connectivity index (χ0n) is 17.9. The summed E-state index contributed by atoms with van der Waals surface area (Å²) in [6, 6.07) is 13.8. The van der Waals surface area contributed by atoms with Crippen LogP contribution in [0.3, 0.4) is 0 Å². The highest BCUT2D eigenvalue weighted by molar-refractivity contribution is 5.74. The van der Waals surface area contributed by atoms with E-state index in [2.05, 4.69) is 22.4 Å². The Balaban J connectivity index is 1.64. The zero-order chi connectivity index (χ0) is 21.6. The maximum Gasteiger partial charge on any atom is 0.429 e. The van der Waals surface area contributed by atoms with Gasteiger partial charge in [-0.2, -0.15) is 0 Å². The van der Waals surface area contributed by atoms with Crippen molar-refractivity contribution in [2.75, 3.05) is 0 Å². The molecule has 1 saturated carbocycles. The molecule has 1 aromatic carbocycles. The molecule has 162 valence electrons. The lowest BCUT2D eigenvalue weighted by Gasteiger charge is -2.36. The molecule has 7 heteroatoms. The average Bonchev–Trinajstić information content (AvgIpc) is 3.25. The molecule has 0 bridgehead atoms. The summed E-state index contributed by atoms with van der Waals surface area (Å²) in [6.07, 6.45) is 6.25. The van der Waals surface area contributed by atoms with Crippen molar-refractivity contribution in [1.29, 1.82) is 0 Å². The molecule has 0 spiro atoms. The van der Waals surface area contributed by atoms with Gasteiger partial charge in [-0.05, 0) is 64.2 Å². The number of benzene rings is 1. The first-order chi connectivity index (χ1) is 14.3. The molecule has 1 aliphatic rings. The number of hydrogen-bond donors (Lipinski definition) is 1. The highest BCUT2D eigenvalue weighted by Gasteiger charge is 2.32. The smallest absolute Gasteiger partial charge is 0.429 e. The molecule has 0 radical (unpaired) electrons. The Morgan fingerprint density at radius 3 is 2.27 bits per heavy atom. The van der Waals surface area contributed by atoms with E-state index in [1.807, 2.05) is 42.5 Å². The summed E-state index contributed by atoms with van der Waals surface area (Å²) in [7, 11) is 0. The highest BCUT2D eigenvalue weighted by atomic mass is 16.6. The summed E-state index contributed by atoms with van der Waals surface area (Å²) < 4.78 is 13.0. The van der Waals surface area contributed by atoms with Crippen LogP contribution in [-0.4, -0.2) is 33.4 Å². The molecular weight excluding hydrogens is 382 g/mol. The van der Waals surface area contributed by atoms with Crippen LogP contribution in [0.5, 0.6) is 0 Å². The molecule has 2 amide bonds. The topological polar surface area (TPSA) is 72.8 Å². The van der Waals surface area contributed by atoms with E-state index in [0.29, 0.717) is 6.04 Å². The van der Waals surface area contributed by atoms with Crippen LogP contribution in [0, 0.1) is 0 Å². The normalized spacial score (nSPS) is 19.0. The summed E-state index contributed by atoms with van der Waals surface area (Å²) in [5, 5.41) is 1.31. The fourth-order valence-electron chi connectivity index (χ4n) is 3.68. The van der Waals surface area contributed by atoms with E-state index in [1.54, 1.807) is 20.8 Å². The van der Waals surface area contributed by atoms with Crippen LogP contribution in [0.2, 0.25) is 0 Å². The molecule has 0 aliphatic heterocycles. The van der Waals surface area contributed by atoms with Gasteiger partial charge in [0.2, 0.25) is 0 Å². The minimum Gasteiger partial charge on any atom is -0.443 e. The first-order valence-corrected chi connectivity index (χ1v) is 10.4. The van der Waals surface area contributed by atoms with E-state index >= 15 is 0 Å². The van der Waals surface area contributed by atoms with Crippen molar-refractivity contribution >= 4 is 12.2 Å². The molecule has 3 rings (SSSR count). The molecule has 0 unspecified atom stereocenters. The number of nitrogens with one attached hydrogen (secondary N) is 1. The van der Waals surface area contributed by atoms with Crippen molar-refractivity contribution in [3.8, 4) is 0 Å². The molecule has 1 heterocycles. The van der Waals surface area contributed by atoms with Crippen LogP contribution in [-0.2, 0) is 16.1 Å². The number of amides is 2. The minimum absolute atomic E-state index is 0.144. The molecule has 1 fully saturated rings. The Morgan fingerprint density at radius 2 is 1.67 bits per heavy atom. The standard InChI is InChI=1S/C23H31N3O4/c1-23(2,3)30-21(27)24-26(22(28)29-17-18-9-5-4-6-10-18)20-13-11-19(12-14-20)25-15-7-8-16-25/h4-10,15-16,19-20H,11-14,17H2,1-3H3,(H,24,27). The Labute approximate surface area is 177 Å². The number of hydrogen-bond acceptors (Lipinski definition) is 4. The Bertz CT molecular complexity index is 807. The van der Waals surface area contributed by atoms with Crippen LogP contribution in [0.1, 0.15) is 58.1 Å². The molecule has 0 saturated heterocycles. The maximum atomic E-state index is 12.9. The zero-order valence-corrected chi connectivity index (χ0v) is 17.9. The van der Waals surface area contributed by atoms with Gasteiger partial charge in [0.15, 0.2) is 0 Å². The number of nitrogens with zero attached hydrogens (tertiary/aromatic N) is 2. The molecule has 2 aromatic rings. The Hall–Kier alpha value is -2.96.